The lowest BCUT2D eigenvalue weighted by atomic mass is 9.79. The summed E-state index contributed by atoms with van der Waals surface area (Å²) in [6.07, 6.45) is -8.15. The van der Waals surface area contributed by atoms with E-state index in [4.69, 9.17) is 16.3 Å². The van der Waals surface area contributed by atoms with Crippen LogP contribution in [0.4, 0.5) is 26.3 Å². The van der Waals surface area contributed by atoms with Gasteiger partial charge in [-0.1, -0.05) is 17.7 Å². The number of piperazine rings is 1. The van der Waals surface area contributed by atoms with E-state index < -0.39 is 63.5 Å². The number of carbonyl (C=O) groups is 3. The molecule has 0 radical (unpaired) electrons. The van der Waals surface area contributed by atoms with Gasteiger partial charge in [0, 0.05) is 81.4 Å². The third-order valence-electron chi connectivity index (χ3n) is 10.8. The molecule has 0 bridgehead atoms. The van der Waals surface area contributed by atoms with Gasteiger partial charge >= 0.3 is 18.3 Å². The number of thiophene rings is 1. The summed E-state index contributed by atoms with van der Waals surface area (Å²) >= 11 is 6.59. The van der Waals surface area contributed by atoms with Gasteiger partial charge in [-0.15, -0.1) is 11.3 Å². The van der Waals surface area contributed by atoms with Gasteiger partial charge in [0.1, 0.15) is 21.9 Å². The van der Waals surface area contributed by atoms with Crippen LogP contribution in [0, 0.1) is 0 Å². The molecular weight excluding hydrogens is 776 g/mol. The van der Waals surface area contributed by atoms with E-state index in [1.54, 1.807) is 32.0 Å². The number of rotatable bonds is 9. The highest BCUT2D eigenvalue weighted by atomic mass is 35.5. The minimum atomic E-state index is -4.94. The van der Waals surface area contributed by atoms with Crippen LogP contribution in [0.3, 0.4) is 0 Å². The molecule has 6 rings (SSSR count). The van der Waals surface area contributed by atoms with Crippen molar-refractivity contribution in [2.24, 2.45) is 0 Å². The van der Waals surface area contributed by atoms with Gasteiger partial charge in [0.2, 0.25) is 5.60 Å². The molecule has 55 heavy (non-hydrogen) atoms. The molecule has 0 saturated carbocycles. The van der Waals surface area contributed by atoms with Gasteiger partial charge in [0.25, 0.3) is 11.8 Å². The summed E-state index contributed by atoms with van der Waals surface area (Å²) in [5.74, 6) is -2.95. The van der Waals surface area contributed by atoms with E-state index in [1.165, 1.54) is 4.90 Å². The summed E-state index contributed by atoms with van der Waals surface area (Å²) in [5, 5.41) is 11.4. The maximum Gasteiger partial charge on any atom is 0.425 e. The van der Waals surface area contributed by atoms with Crippen molar-refractivity contribution in [1.29, 1.82) is 0 Å². The summed E-state index contributed by atoms with van der Waals surface area (Å²) < 4.78 is 90.6. The van der Waals surface area contributed by atoms with Gasteiger partial charge in [0.15, 0.2) is 0 Å². The van der Waals surface area contributed by atoms with E-state index in [-0.39, 0.29) is 51.2 Å². The molecule has 2 fully saturated rings. The molecule has 2 aromatic heterocycles. The molecular formula is C37H40ClF6N5O5S. The quantitative estimate of drug-likeness (QED) is 0.238. The lowest BCUT2D eigenvalue weighted by Gasteiger charge is -2.51. The minimum absolute atomic E-state index is 0.00963. The maximum atomic E-state index is 15.1. The van der Waals surface area contributed by atoms with E-state index in [0.717, 1.165) is 45.8 Å². The van der Waals surface area contributed by atoms with Crippen LogP contribution in [0.1, 0.15) is 65.2 Å². The first kappa shape index (κ1) is 40.7. The Bertz CT molecular complexity index is 1920. The summed E-state index contributed by atoms with van der Waals surface area (Å²) in [7, 11) is 0. The number of aliphatic carboxylic acids is 1. The number of hydrogen-bond acceptors (Lipinski definition) is 8. The van der Waals surface area contributed by atoms with Crippen molar-refractivity contribution in [3.8, 4) is 5.75 Å². The molecule has 0 unspecified atom stereocenters. The average Bonchev–Trinajstić information content (AvgIpc) is 3.62. The number of halogens is 7. The lowest BCUT2D eigenvalue weighted by molar-refractivity contribution is -0.160. The third kappa shape index (κ3) is 8.44. The normalized spacial score (nSPS) is 21.7. The van der Waals surface area contributed by atoms with Crippen LogP contribution in [-0.2, 0) is 34.9 Å². The third-order valence-corrected chi connectivity index (χ3v) is 12.0. The Balaban J connectivity index is 1.41. The highest BCUT2D eigenvalue weighted by Crippen LogP contribution is 2.43. The van der Waals surface area contributed by atoms with E-state index >= 15 is 4.79 Å². The number of hydrogen-bond donors (Lipinski definition) is 1. The number of carboxylic acid groups (broad SMARTS) is 1. The molecule has 298 valence electrons. The molecule has 2 saturated heterocycles. The van der Waals surface area contributed by atoms with Crippen molar-refractivity contribution in [2.75, 3.05) is 45.8 Å². The van der Waals surface area contributed by atoms with Crippen molar-refractivity contribution >= 4 is 40.7 Å². The molecule has 3 aliphatic rings. The second kappa shape index (κ2) is 15.5. The Morgan fingerprint density at radius 1 is 0.982 bits per heavy atom. The molecule has 3 aromatic rings. The van der Waals surface area contributed by atoms with Crippen LogP contribution in [0.25, 0.3) is 0 Å². The standard InChI is InChI=1S/C37H40ClF6N5O5S/c1-34(2,33(52)53)48-17-15-46(16-18-48)13-9-28-35(54-26-20-29(55-22-26)37(42,43)44,32(51)47-14-8-23-19-25(38)7-6-24(23)21-47)10-4-12-49(28)31(50)30-27(36(39,40)41)5-3-11-45-30/h3,5-7,11,19-20,22,28H,4,8-10,12-18,21H2,1-2H3,(H,52,53)/t28-,35+/m1/s1. The zero-order chi connectivity index (χ0) is 39.9. The highest BCUT2D eigenvalue weighted by Gasteiger charge is 2.56. The average molecular weight is 816 g/mol. The number of ether oxygens (including phenoxy) is 1. The van der Waals surface area contributed by atoms with Crippen LogP contribution in [0.15, 0.2) is 48.0 Å². The SMILES string of the molecule is CC(C)(C(=O)O)N1CCN(CC[C@H]2N(C(=O)c3ncccc3C(F)(F)F)CCC[C@@]2(Oc2csc(C(F)(F)F)c2)C(=O)N2CCc3cc(Cl)ccc3C2)CC1. The molecule has 18 heteroatoms. The number of likely N-dealkylation sites (tertiary alicyclic amines) is 1. The summed E-state index contributed by atoms with van der Waals surface area (Å²) in [6, 6.07) is 6.59. The second-order valence-corrected chi connectivity index (χ2v) is 15.9. The summed E-state index contributed by atoms with van der Waals surface area (Å²) in [4.78, 5) is 50.7. The first-order valence-electron chi connectivity index (χ1n) is 17.8. The number of carbonyl (C=O) groups excluding carboxylic acids is 2. The topological polar surface area (TPSA) is 107 Å². The van der Waals surface area contributed by atoms with Crippen LogP contribution < -0.4 is 4.74 Å². The Morgan fingerprint density at radius 2 is 1.71 bits per heavy atom. The summed E-state index contributed by atoms with van der Waals surface area (Å²) in [6.45, 7) is 5.20. The second-order valence-electron chi connectivity index (χ2n) is 14.5. The molecule has 0 spiro atoms. The van der Waals surface area contributed by atoms with Crippen LogP contribution in [0.5, 0.6) is 5.75 Å². The van der Waals surface area contributed by atoms with Gasteiger partial charge in [0.05, 0.1) is 11.6 Å². The first-order chi connectivity index (χ1) is 25.8. The molecule has 2 atom stereocenters. The smallest absolute Gasteiger partial charge is 0.425 e. The number of alkyl halides is 6. The molecule has 2 amide bonds. The molecule has 1 aromatic carbocycles. The van der Waals surface area contributed by atoms with E-state index in [1.807, 2.05) is 9.80 Å². The fourth-order valence-corrected chi connectivity index (χ4v) is 8.61. The number of aromatic nitrogens is 1. The Labute approximate surface area is 322 Å². The van der Waals surface area contributed by atoms with Gasteiger partial charge in [-0.2, -0.15) is 26.3 Å². The molecule has 0 aliphatic carbocycles. The van der Waals surface area contributed by atoms with Gasteiger partial charge < -0.3 is 24.5 Å². The minimum Gasteiger partial charge on any atom is -0.480 e. The number of carboxylic acids is 1. The number of pyridine rings is 1. The Kier molecular flexibility index (Phi) is 11.5. The van der Waals surface area contributed by atoms with Crippen molar-refractivity contribution in [2.45, 2.75) is 75.6 Å². The highest BCUT2D eigenvalue weighted by molar-refractivity contribution is 7.10. The Morgan fingerprint density at radius 3 is 2.36 bits per heavy atom. The maximum absolute atomic E-state index is 15.1. The van der Waals surface area contributed by atoms with E-state index in [0.29, 0.717) is 49.0 Å². The summed E-state index contributed by atoms with van der Waals surface area (Å²) in [5.41, 5.74) is -3.58. The molecule has 5 heterocycles. The van der Waals surface area contributed by atoms with Crippen molar-refractivity contribution in [3.05, 3.63) is 80.3 Å². The largest absolute Gasteiger partial charge is 0.480 e. The number of piperidine rings is 1. The zero-order valence-corrected chi connectivity index (χ0v) is 31.6. The number of amides is 2. The Hall–Kier alpha value is -3.93. The van der Waals surface area contributed by atoms with Crippen molar-refractivity contribution < 1.29 is 50.6 Å². The fraction of sp³-hybridized carbons (Fsp3) is 0.514. The predicted octanol–water partition coefficient (Wildman–Crippen LogP) is 6.71. The number of benzene rings is 1. The molecule has 10 nitrogen and oxygen atoms in total. The monoisotopic (exact) mass is 815 g/mol. The van der Waals surface area contributed by atoms with Crippen LogP contribution >= 0.6 is 22.9 Å². The number of fused-ring (bicyclic) bond motifs is 1. The fourth-order valence-electron chi connectivity index (χ4n) is 7.74. The number of nitrogens with zero attached hydrogens (tertiary/aromatic N) is 5. The van der Waals surface area contributed by atoms with E-state index in [2.05, 4.69) is 4.98 Å². The zero-order valence-electron chi connectivity index (χ0n) is 30.1. The van der Waals surface area contributed by atoms with Gasteiger partial charge in [-0.25, -0.2) is 0 Å². The van der Waals surface area contributed by atoms with Crippen LogP contribution in [0.2, 0.25) is 5.02 Å². The lowest BCUT2D eigenvalue weighted by Crippen LogP contribution is -2.69. The molecule has 3 aliphatic heterocycles. The van der Waals surface area contributed by atoms with Gasteiger partial charge in [-0.05, 0) is 68.5 Å². The van der Waals surface area contributed by atoms with Crippen molar-refractivity contribution in [3.63, 3.8) is 0 Å². The van der Waals surface area contributed by atoms with Crippen molar-refractivity contribution in [1.82, 2.24) is 24.6 Å². The van der Waals surface area contributed by atoms with Crippen LogP contribution in [-0.4, -0.2) is 110 Å². The molecule has 1 N–H and O–H groups in total. The predicted molar refractivity (Wildman–Crippen MR) is 191 cm³/mol. The first-order valence-corrected chi connectivity index (χ1v) is 19.0. The van der Waals surface area contributed by atoms with Gasteiger partial charge in [-0.3, -0.25) is 24.3 Å². The van der Waals surface area contributed by atoms with E-state index in [9.17, 15) is 41.0 Å².